The van der Waals surface area contributed by atoms with Gasteiger partial charge < -0.3 is 10.1 Å². The van der Waals surface area contributed by atoms with Crippen LogP contribution in [0.4, 0.5) is 0 Å². The first kappa shape index (κ1) is 13.8. The summed E-state index contributed by atoms with van der Waals surface area (Å²) in [7, 11) is 1.88. The summed E-state index contributed by atoms with van der Waals surface area (Å²) in [6.45, 7) is 2.70. The molecule has 1 unspecified atom stereocenters. The number of hydrogen-bond acceptors (Lipinski definition) is 3. The van der Waals surface area contributed by atoms with Crippen molar-refractivity contribution in [2.45, 2.75) is 19.6 Å². The molecule has 1 aromatic heterocycles. The molecule has 0 aliphatic heterocycles. The van der Waals surface area contributed by atoms with Crippen LogP contribution in [0.3, 0.4) is 0 Å². The van der Waals surface area contributed by atoms with Crippen LogP contribution in [0, 0.1) is 0 Å². The van der Waals surface area contributed by atoms with Gasteiger partial charge in [-0.1, -0.05) is 41.9 Å². The Bertz CT molecular complexity index is 531. The molecular weight excluding hydrogens is 260 g/mol. The Labute approximate surface area is 118 Å². The van der Waals surface area contributed by atoms with E-state index in [0.717, 1.165) is 11.1 Å². The lowest BCUT2D eigenvalue weighted by Gasteiger charge is -2.15. The first-order chi connectivity index (χ1) is 9.20. The highest BCUT2D eigenvalue weighted by molar-refractivity contribution is 6.31. The van der Waals surface area contributed by atoms with Gasteiger partial charge in [0, 0.05) is 18.8 Å². The van der Waals surface area contributed by atoms with Crippen LogP contribution in [0.5, 0.6) is 5.88 Å². The second-order valence-corrected chi connectivity index (χ2v) is 4.72. The number of pyridine rings is 1. The van der Waals surface area contributed by atoms with E-state index in [2.05, 4.69) is 10.3 Å². The maximum atomic E-state index is 6.07. The van der Waals surface area contributed by atoms with Crippen molar-refractivity contribution in [1.82, 2.24) is 10.3 Å². The van der Waals surface area contributed by atoms with Crippen molar-refractivity contribution in [1.29, 1.82) is 0 Å². The Morgan fingerprint density at radius 2 is 2.05 bits per heavy atom. The highest BCUT2D eigenvalue weighted by Crippen LogP contribution is 2.23. The maximum Gasteiger partial charge on any atom is 0.214 e. The number of halogens is 1. The molecule has 0 fully saturated rings. The van der Waals surface area contributed by atoms with E-state index >= 15 is 0 Å². The summed E-state index contributed by atoms with van der Waals surface area (Å²) in [5.74, 6) is 0.589. The molecule has 19 heavy (non-hydrogen) atoms. The fourth-order valence-electron chi connectivity index (χ4n) is 1.82. The van der Waals surface area contributed by atoms with Crippen LogP contribution in [0.25, 0.3) is 0 Å². The number of aromatic nitrogens is 1. The molecule has 1 aromatic carbocycles. The fraction of sp³-hybridized carbons (Fsp3) is 0.267. The molecule has 0 spiro atoms. The quantitative estimate of drug-likeness (QED) is 0.906. The van der Waals surface area contributed by atoms with E-state index in [4.69, 9.17) is 16.3 Å². The van der Waals surface area contributed by atoms with Crippen LogP contribution in [0.2, 0.25) is 5.02 Å². The summed E-state index contributed by atoms with van der Waals surface area (Å²) >= 11 is 6.07. The molecule has 2 rings (SSSR count). The van der Waals surface area contributed by atoms with E-state index in [1.807, 2.05) is 50.4 Å². The zero-order valence-electron chi connectivity index (χ0n) is 11.1. The van der Waals surface area contributed by atoms with Crippen LogP contribution in [-0.4, -0.2) is 12.0 Å². The minimum absolute atomic E-state index is 0.0442. The van der Waals surface area contributed by atoms with Gasteiger partial charge in [0.1, 0.15) is 6.10 Å². The smallest absolute Gasteiger partial charge is 0.214 e. The number of nitrogens with zero attached hydrogens (tertiary/aromatic N) is 1. The molecule has 100 valence electrons. The summed E-state index contributed by atoms with van der Waals surface area (Å²) in [5, 5.41) is 3.72. The van der Waals surface area contributed by atoms with E-state index in [0.29, 0.717) is 17.4 Å². The molecule has 1 atom stereocenters. The lowest BCUT2D eigenvalue weighted by atomic mass is 10.1. The van der Waals surface area contributed by atoms with Crippen molar-refractivity contribution < 1.29 is 4.74 Å². The minimum atomic E-state index is -0.0442. The van der Waals surface area contributed by atoms with Gasteiger partial charge in [0.25, 0.3) is 0 Å². The lowest BCUT2D eigenvalue weighted by molar-refractivity contribution is 0.217. The van der Waals surface area contributed by atoms with E-state index < -0.39 is 0 Å². The van der Waals surface area contributed by atoms with Crippen LogP contribution >= 0.6 is 11.6 Å². The molecule has 0 bridgehead atoms. The van der Waals surface area contributed by atoms with Crippen LogP contribution in [0.15, 0.2) is 42.6 Å². The predicted molar refractivity (Wildman–Crippen MR) is 77.5 cm³/mol. The van der Waals surface area contributed by atoms with Crippen LogP contribution in [0.1, 0.15) is 24.2 Å². The fourth-order valence-corrected chi connectivity index (χ4v) is 1.99. The Morgan fingerprint density at radius 1 is 1.32 bits per heavy atom. The molecule has 0 saturated heterocycles. The van der Waals surface area contributed by atoms with Crippen molar-refractivity contribution in [3.05, 3.63) is 58.7 Å². The highest BCUT2D eigenvalue weighted by atomic mass is 35.5. The molecule has 0 amide bonds. The number of rotatable bonds is 5. The third-order valence-corrected chi connectivity index (χ3v) is 3.18. The maximum absolute atomic E-state index is 6.07. The summed E-state index contributed by atoms with van der Waals surface area (Å²) in [4.78, 5) is 4.20. The molecule has 0 aliphatic rings. The lowest BCUT2D eigenvalue weighted by Crippen LogP contribution is -2.08. The molecule has 4 heteroatoms. The van der Waals surface area contributed by atoms with Gasteiger partial charge in [0.2, 0.25) is 5.88 Å². The second-order valence-electron chi connectivity index (χ2n) is 4.32. The number of hydrogen-bond donors (Lipinski definition) is 1. The molecule has 0 radical (unpaired) electrons. The predicted octanol–water partition coefficient (Wildman–Crippen LogP) is 3.59. The minimum Gasteiger partial charge on any atom is -0.470 e. The van der Waals surface area contributed by atoms with Gasteiger partial charge in [-0.2, -0.15) is 0 Å². The van der Waals surface area contributed by atoms with Gasteiger partial charge >= 0.3 is 0 Å². The Hall–Kier alpha value is -1.58. The van der Waals surface area contributed by atoms with Crippen molar-refractivity contribution >= 4 is 11.6 Å². The normalized spacial score (nSPS) is 12.2. The van der Waals surface area contributed by atoms with Crippen molar-refractivity contribution in [2.24, 2.45) is 0 Å². The monoisotopic (exact) mass is 276 g/mol. The number of nitrogens with one attached hydrogen (secondary N) is 1. The topological polar surface area (TPSA) is 34.1 Å². The van der Waals surface area contributed by atoms with Crippen molar-refractivity contribution in [3.8, 4) is 5.88 Å². The molecule has 0 saturated carbocycles. The molecule has 0 aliphatic carbocycles. The third-order valence-electron chi connectivity index (χ3n) is 2.84. The summed E-state index contributed by atoms with van der Waals surface area (Å²) in [6, 6.07) is 11.9. The first-order valence-electron chi connectivity index (χ1n) is 6.21. The van der Waals surface area contributed by atoms with Crippen molar-refractivity contribution in [2.75, 3.05) is 7.05 Å². The van der Waals surface area contributed by atoms with Gasteiger partial charge in [-0.15, -0.1) is 0 Å². The van der Waals surface area contributed by atoms with Crippen LogP contribution in [-0.2, 0) is 6.54 Å². The third kappa shape index (κ3) is 3.69. The largest absolute Gasteiger partial charge is 0.470 e. The van der Waals surface area contributed by atoms with Crippen molar-refractivity contribution in [3.63, 3.8) is 0 Å². The zero-order chi connectivity index (χ0) is 13.7. The summed E-state index contributed by atoms with van der Waals surface area (Å²) < 4.78 is 5.84. The molecular formula is C15H17ClN2O. The Kier molecular flexibility index (Phi) is 4.77. The molecule has 2 aromatic rings. The van der Waals surface area contributed by atoms with E-state index in [9.17, 15) is 0 Å². The van der Waals surface area contributed by atoms with Gasteiger partial charge in [-0.05, 0) is 25.1 Å². The molecule has 1 heterocycles. The van der Waals surface area contributed by atoms with Gasteiger partial charge in [0.15, 0.2) is 0 Å². The number of ether oxygens (including phenoxy) is 1. The SMILES string of the molecule is CNCc1cc(OC(C)c2ccccc2)ncc1Cl. The Morgan fingerprint density at radius 3 is 2.74 bits per heavy atom. The summed E-state index contributed by atoms with van der Waals surface area (Å²) in [6.07, 6.45) is 1.58. The van der Waals surface area contributed by atoms with E-state index in [1.54, 1.807) is 6.20 Å². The Balaban J connectivity index is 2.13. The van der Waals surface area contributed by atoms with E-state index in [1.165, 1.54) is 0 Å². The van der Waals surface area contributed by atoms with Crippen LogP contribution < -0.4 is 10.1 Å². The highest BCUT2D eigenvalue weighted by Gasteiger charge is 2.09. The van der Waals surface area contributed by atoms with Gasteiger partial charge in [-0.3, -0.25) is 0 Å². The average Bonchev–Trinajstić information content (AvgIpc) is 2.44. The van der Waals surface area contributed by atoms with Gasteiger partial charge in [0.05, 0.1) is 5.02 Å². The first-order valence-corrected chi connectivity index (χ1v) is 6.59. The summed E-state index contributed by atoms with van der Waals surface area (Å²) in [5.41, 5.74) is 2.10. The molecule has 1 N–H and O–H groups in total. The second kappa shape index (κ2) is 6.55. The van der Waals surface area contributed by atoms with Gasteiger partial charge in [-0.25, -0.2) is 4.98 Å². The zero-order valence-corrected chi connectivity index (χ0v) is 11.8. The van der Waals surface area contributed by atoms with E-state index in [-0.39, 0.29) is 6.10 Å². The standard InChI is InChI=1S/C15H17ClN2O/c1-11(12-6-4-3-5-7-12)19-15-8-13(9-17-2)14(16)10-18-15/h3-8,10-11,17H,9H2,1-2H3. The molecule has 3 nitrogen and oxygen atoms in total. The number of benzene rings is 1. The average molecular weight is 277 g/mol.